The van der Waals surface area contributed by atoms with Gasteiger partial charge in [-0.25, -0.2) is 9.69 Å². The van der Waals surface area contributed by atoms with E-state index in [0.29, 0.717) is 11.5 Å². The largest absolute Gasteiger partial charge is 0.348 e. The number of urea groups is 1. The van der Waals surface area contributed by atoms with Crippen LogP contribution in [0.3, 0.4) is 0 Å². The van der Waals surface area contributed by atoms with Gasteiger partial charge in [-0.1, -0.05) is 27.7 Å². The number of amides is 4. The van der Waals surface area contributed by atoms with Gasteiger partial charge in [0, 0.05) is 30.0 Å². The minimum Gasteiger partial charge on any atom is -0.348 e. The number of hydrogen-bond acceptors (Lipinski definition) is 4. The summed E-state index contributed by atoms with van der Waals surface area (Å²) in [5.41, 5.74) is 2.28. The Kier molecular flexibility index (Phi) is 6.23. The number of ketones is 1. The molecular weight excluding hydrogens is 346 g/mol. The van der Waals surface area contributed by atoms with Crippen LogP contribution >= 0.6 is 0 Å². The molecule has 0 aromatic carbocycles. The Balaban J connectivity index is 2.18. The van der Waals surface area contributed by atoms with E-state index in [4.69, 9.17) is 0 Å². The lowest BCUT2D eigenvalue weighted by atomic mass is 10.1. The number of hydrogen-bond donors (Lipinski definition) is 0. The Morgan fingerprint density at radius 3 is 2.11 bits per heavy atom. The smallest absolute Gasteiger partial charge is 0.334 e. The highest BCUT2D eigenvalue weighted by molar-refractivity contribution is 6.45. The maximum Gasteiger partial charge on any atom is 0.334 e. The van der Waals surface area contributed by atoms with Gasteiger partial charge >= 0.3 is 17.8 Å². The van der Waals surface area contributed by atoms with E-state index in [0.717, 1.165) is 34.2 Å². The maximum atomic E-state index is 12.8. The Bertz CT molecular complexity index is 776. The highest BCUT2D eigenvalue weighted by Gasteiger charge is 2.45. The number of aromatic nitrogens is 1. The minimum atomic E-state index is -0.928. The van der Waals surface area contributed by atoms with E-state index in [1.807, 2.05) is 27.7 Å². The summed E-state index contributed by atoms with van der Waals surface area (Å²) in [5, 5.41) is 0. The van der Waals surface area contributed by atoms with Crippen LogP contribution in [0.2, 0.25) is 0 Å². The monoisotopic (exact) mass is 375 g/mol. The molecule has 0 bridgehead atoms. The van der Waals surface area contributed by atoms with Crippen LogP contribution in [0, 0.1) is 25.7 Å². The standard InChI is InChI=1S/C20H29N3O4/c1-12(2)7-8-21-14(5)9-16(15(21)6)17(24)11-23-19(26)18(25)22(20(23)27)10-13(3)4/h9,12-13H,7-8,10-11H2,1-6H3. The molecule has 0 radical (unpaired) electrons. The van der Waals surface area contributed by atoms with E-state index in [-0.39, 0.29) is 18.2 Å². The van der Waals surface area contributed by atoms with E-state index in [9.17, 15) is 19.2 Å². The van der Waals surface area contributed by atoms with Gasteiger partial charge in [-0.15, -0.1) is 0 Å². The molecule has 1 aromatic heterocycles. The fourth-order valence-corrected chi connectivity index (χ4v) is 3.26. The number of imide groups is 2. The van der Waals surface area contributed by atoms with Crippen molar-refractivity contribution in [2.45, 2.75) is 54.5 Å². The minimum absolute atomic E-state index is 0.0428. The normalized spacial score (nSPS) is 15.0. The third-order valence-corrected chi connectivity index (χ3v) is 4.79. The Hall–Kier alpha value is -2.44. The van der Waals surface area contributed by atoms with Crippen LogP contribution in [0.5, 0.6) is 0 Å². The summed E-state index contributed by atoms with van der Waals surface area (Å²) in [6.45, 7) is 12.4. The van der Waals surface area contributed by atoms with Gasteiger partial charge in [0.15, 0.2) is 5.78 Å². The van der Waals surface area contributed by atoms with Gasteiger partial charge in [0.25, 0.3) is 0 Å². The van der Waals surface area contributed by atoms with Crippen LogP contribution in [-0.2, 0) is 16.1 Å². The van der Waals surface area contributed by atoms with Gasteiger partial charge < -0.3 is 4.57 Å². The molecule has 0 atom stereocenters. The van der Waals surface area contributed by atoms with E-state index in [1.54, 1.807) is 6.07 Å². The fraction of sp³-hybridized carbons (Fsp3) is 0.600. The molecule has 1 aliphatic rings. The molecule has 1 aliphatic heterocycles. The third kappa shape index (κ3) is 4.28. The van der Waals surface area contributed by atoms with Crippen molar-refractivity contribution in [2.75, 3.05) is 13.1 Å². The summed E-state index contributed by atoms with van der Waals surface area (Å²) >= 11 is 0. The SMILES string of the molecule is Cc1cc(C(=O)CN2C(=O)C(=O)N(CC(C)C)C2=O)c(C)n1CCC(C)C. The van der Waals surface area contributed by atoms with Crippen molar-refractivity contribution in [3.8, 4) is 0 Å². The molecule has 7 heteroatoms. The van der Waals surface area contributed by atoms with E-state index in [1.165, 1.54) is 0 Å². The highest BCUT2D eigenvalue weighted by Crippen LogP contribution is 2.20. The molecule has 1 aromatic rings. The number of nitrogens with zero attached hydrogens (tertiary/aromatic N) is 3. The summed E-state index contributed by atoms with van der Waals surface area (Å²) in [4.78, 5) is 51.1. The Morgan fingerprint density at radius 2 is 1.56 bits per heavy atom. The summed E-state index contributed by atoms with van der Waals surface area (Å²) in [7, 11) is 0. The van der Waals surface area contributed by atoms with Crippen molar-refractivity contribution in [1.29, 1.82) is 0 Å². The van der Waals surface area contributed by atoms with Crippen LogP contribution in [0.1, 0.15) is 55.9 Å². The fourth-order valence-electron chi connectivity index (χ4n) is 3.26. The summed E-state index contributed by atoms with van der Waals surface area (Å²) in [6, 6.07) is 1.08. The van der Waals surface area contributed by atoms with Crippen molar-refractivity contribution in [1.82, 2.24) is 14.4 Å². The molecule has 4 amide bonds. The summed E-state index contributed by atoms with van der Waals surface area (Å²) in [5.74, 6) is -1.53. The molecule has 0 spiro atoms. The quantitative estimate of drug-likeness (QED) is 0.398. The molecular formula is C20H29N3O4. The maximum absolute atomic E-state index is 12.8. The van der Waals surface area contributed by atoms with E-state index < -0.39 is 24.4 Å². The lowest BCUT2D eigenvalue weighted by Crippen LogP contribution is -2.38. The summed E-state index contributed by atoms with van der Waals surface area (Å²) in [6.07, 6.45) is 0.992. The van der Waals surface area contributed by atoms with Crippen molar-refractivity contribution in [3.05, 3.63) is 23.0 Å². The van der Waals surface area contributed by atoms with Gasteiger partial charge in [-0.2, -0.15) is 0 Å². The lowest BCUT2D eigenvalue weighted by molar-refractivity contribution is -0.143. The zero-order valence-corrected chi connectivity index (χ0v) is 17.0. The van der Waals surface area contributed by atoms with Gasteiger partial charge in [0.1, 0.15) is 0 Å². The zero-order chi connectivity index (χ0) is 20.5. The van der Waals surface area contributed by atoms with Crippen molar-refractivity contribution >= 4 is 23.6 Å². The molecule has 0 unspecified atom stereocenters. The molecule has 148 valence electrons. The molecule has 1 fully saturated rings. The second-order valence-electron chi connectivity index (χ2n) is 8.03. The number of aryl methyl sites for hydroxylation is 1. The second-order valence-corrected chi connectivity index (χ2v) is 8.03. The van der Waals surface area contributed by atoms with Crippen molar-refractivity contribution < 1.29 is 19.2 Å². The average Bonchev–Trinajstić information content (AvgIpc) is 2.96. The highest BCUT2D eigenvalue weighted by atomic mass is 16.2. The van der Waals surface area contributed by atoms with Crippen LogP contribution in [-0.4, -0.2) is 51.1 Å². The molecule has 27 heavy (non-hydrogen) atoms. The van der Waals surface area contributed by atoms with Gasteiger partial charge in [0.05, 0.1) is 6.54 Å². The number of Topliss-reactive ketones (excluding diaryl/α,β-unsaturated/α-hetero) is 1. The predicted molar refractivity (Wildman–Crippen MR) is 101 cm³/mol. The van der Waals surface area contributed by atoms with Crippen LogP contribution in [0.25, 0.3) is 0 Å². The van der Waals surface area contributed by atoms with Gasteiger partial charge in [-0.3, -0.25) is 19.3 Å². The first-order valence-electron chi connectivity index (χ1n) is 9.41. The van der Waals surface area contributed by atoms with Gasteiger partial charge in [-0.05, 0) is 38.2 Å². The predicted octanol–water partition coefficient (Wildman–Crippen LogP) is 2.78. The number of carbonyl (C=O) groups is 4. The third-order valence-electron chi connectivity index (χ3n) is 4.79. The first kappa shape index (κ1) is 20.9. The summed E-state index contributed by atoms with van der Waals surface area (Å²) < 4.78 is 2.08. The Labute approximate surface area is 160 Å². The molecule has 2 rings (SSSR count). The van der Waals surface area contributed by atoms with E-state index >= 15 is 0 Å². The molecule has 0 N–H and O–H groups in total. The molecule has 0 saturated carbocycles. The molecule has 7 nitrogen and oxygen atoms in total. The van der Waals surface area contributed by atoms with Crippen molar-refractivity contribution in [2.24, 2.45) is 11.8 Å². The number of carbonyl (C=O) groups excluding carboxylic acids is 4. The molecule has 1 saturated heterocycles. The molecule has 2 heterocycles. The topological polar surface area (TPSA) is 79.7 Å². The Morgan fingerprint density at radius 1 is 0.963 bits per heavy atom. The van der Waals surface area contributed by atoms with Gasteiger partial charge in [0.2, 0.25) is 0 Å². The lowest BCUT2D eigenvalue weighted by Gasteiger charge is -2.16. The van der Waals surface area contributed by atoms with Crippen LogP contribution < -0.4 is 0 Å². The second kappa shape index (κ2) is 8.06. The first-order valence-corrected chi connectivity index (χ1v) is 9.41. The molecule has 0 aliphatic carbocycles. The average molecular weight is 375 g/mol. The van der Waals surface area contributed by atoms with Crippen molar-refractivity contribution in [3.63, 3.8) is 0 Å². The first-order chi connectivity index (χ1) is 12.5. The van der Waals surface area contributed by atoms with Crippen LogP contribution in [0.15, 0.2) is 6.07 Å². The number of rotatable bonds is 8. The van der Waals surface area contributed by atoms with E-state index in [2.05, 4.69) is 18.4 Å². The van der Waals surface area contributed by atoms with Crippen LogP contribution in [0.4, 0.5) is 4.79 Å². The zero-order valence-electron chi connectivity index (χ0n) is 17.0.